The summed E-state index contributed by atoms with van der Waals surface area (Å²) >= 11 is 2.35. The van der Waals surface area contributed by atoms with Crippen LogP contribution in [0.5, 0.6) is 0 Å². The maximum Gasteiger partial charge on any atom is 0.353 e. The third kappa shape index (κ3) is 4.10. The van der Waals surface area contributed by atoms with Gasteiger partial charge in [-0.1, -0.05) is 16.9 Å². The molecule has 12 nitrogen and oxygen atoms in total. The van der Waals surface area contributed by atoms with Gasteiger partial charge in [-0.05, 0) is 31.9 Å². The molecule has 178 valence electrons. The van der Waals surface area contributed by atoms with E-state index < -0.39 is 29.9 Å². The lowest BCUT2D eigenvalue weighted by Crippen LogP contribution is -2.72. The Bertz CT molecular complexity index is 1240. The van der Waals surface area contributed by atoms with Crippen LogP contribution >= 0.6 is 23.1 Å². The second-order valence-corrected chi connectivity index (χ2v) is 9.87. The summed E-state index contributed by atoms with van der Waals surface area (Å²) in [5.74, 6) is -2.61. The van der Waals surface area contributed by atoms with Crippen LogP contribution < -0.4 is 16.8 Å². The highest BCUT2D eigenvalue weighted by molar-refractivity contribution is 8.03. The summed E-state index contributed by atoms with van der Waals surface area (Å²) in [5, 5.41) is 25.0. The van der Waals surface area contributed by atoms with Crippen molar-refractivity contribution in [1.82, 2.24) is 20.2 Å². The predicted molar refractivity (Wildman–Crippen MR) is 124 cm³/mol. The van der Waals surface area contributed by atoms with Crippen molar-refractivity contribution in [3.63, 3.8) is 0 Å². The molecule has 0 aromatic carbocycles. The number of allylic oxidation sites excluding steroid dienone is 1. The molecule has 2 aromatic rings. The van der Waals surface area contributed by atoms with E-state index in [1.165, 1.54) is 16.7 Å². The average Bonchev–Trinajstić information content (AvgIpc) is 3.15. The van der Waals surface area contributed by atoms with Crippen LogP contribution in [-0.4, -0.2) is 60.8 Å². The number of nitrogen functional groups attached to an aromatic ring is 1. The fourth-order valence-electron chi connectivity index (χ4n) is 3.98. The van der Waals surface area contributed by atoms with Gasteiger partial charge >= 0.3 is 5.97 Å². The fourth-order valence-corrected chi connectivity index (χ4v) is 5.83. The van der Waals surface area contributed by atoms with Gasteiger partial charge in [0.25, 0.3) is 11.8 Å². The summed E-state index contributed by atoms with van der Waals surface area (Å²) < 4.78 is 0. The van der Waals surface area contributed by atoms with E-state index in [0.717, 1.165) is 16.2 Å². The van der Waals surface area contributed by atoms with Gasteiger partial charge in [0.1, 0.15) is 17.4 Å². The zero-order valence-corrected chi connectivity index (χ0v) is 19.5. The Morgan fingerprint density at radius 1 is 1.44 bits per heavy atom. The number of nitrogens with one attached hydrogen (secondary N) is 1. The molecule has 1 saturated heterocycles. The van der Waals surface area contributed by atoms with Crippen molar-refractivity contribution in [3.8, 4) is 0 Å². The van der Waals surface area contributed by atoms with E-state index >= 15 is 0 Å². The van der Waals surface area contributed by atoms with Crippen molar-refractivity contribution >= 4 is 51.7 Å². The van der Waals surface area contributed by atoms with Crippen molar-refractivity contribution in [1.29, 1.82) is 0 Å². The number of nitrogens with two attached hydrogens (primary N) is 2. The van der Waals surface area contributed by atoms with Crippen LogP contribution in [0.3, 0.4) is 0 Å². The Morgan fingerprint density at radius 3 is 2.82 bits per heavy atom. The Kier molecular flexibility index (Phi) is 6.54. The molecule has 2 amide bonds. The Hall–Kier alpha value is -3.49. The lowest BCUT2D eigenvalue weighted by Gasteiger charge is -2.50. The van der Waals surface area contributed by atoms with Crippen LogP contribution in [0.1, 0.15) is 29.1 Å². The van der Waals surface area contributed by atoms with E-state index in [2.05, 4.69) is 20.4 Å². The first-order valence-electron chi connectivity index (χ1n) is 10.1. The number of thioether (sulfide) groups is 1. The number of thiazole rings is 1. The number of rotatable bonds is 7. The molecule has 0 aliphatic carbocycles. The molecule has 14 heteroatoms. The number of amides is 2. The minimum atomic E-state index is -1.24. The summed E-state index contributed by atoms with van der Waals surface area (Å²) in [7, 11) is 0. The summed E-state index contributed by atoms with van der Waals surface area (Å²) in [6.07, 6.45) is 2.42. The van der Waals surface area contributed by atoms with Crippen molar-refractivity contribution in [2.45, 2.75) is 43.3 Å². The maximum atomic E-state index is 12.9. The van der Waals surface area contributed by atoms with Crippen LogP contribution in [0.2, 0.25) is 0 Å². The van der Waals surface area contributed by atoms with Crippen LogP contribution in [0, 0.1) is 6.92 Å². The number of carbonyl (C=O) groups is 3. The molecular weight excluding hydrogens is 482 g/mol. The third-order valence-corrected chi connectivity index (χ3v) is 7.54. The van der Waals surface area contributed by atoms with Gasteiger partial charge in [0.2, 0.25) is 0 Å². The number of carbonyl (C=O) groups excluding carboxylic acids is 2. The van der Waals surface area contributed by atoms with Gasteiger partial charge in [-0.2, -0.15) is 0 Å². The second-order valence-electron chi connectivity index (χ2n) is 7.50. The highest BCUT2D eigenvalue weighted by Gasteiger charge is 2.54. The number of aromatic nitrogens is 2. The number of nitrogens with zero attached hydrogens (tertiary/aromatic N) is 4. The summed E-state index contributed by atoms with van der Waals surface area (Å²) in [6.45, 7) is 1.86. The first kappa shape index (κ1) is 23.7. The monoisotopic (exact) mass is 503 g/mol. The van der Waals surface area contributed by atoms with E-state index in [1.54, 1.807) is 25.3 Å². The first-order valence-corrected chi connectivity index (χ1v) is 11.8. The summed E-state index contributed by atoms with van der Waals surface area (Å²) in [4.78, 5) is 49.0. The molecule has 2 aliphatic rings. The molecule has 0 radical (unpaired) electrons. The summed E-state index contributed by atoms with van der Waals surface area (Å²) in [5.41, 5.74) is 11.6. The Morgan fingerprint density at radius 2 is 2.21 bits per heavy atom. The average molecular weight is 504 g/mol. The number of oxime groups is 1. The third-order valence-electron chi connectivity index (χ3n) is 5.51. The van der Waals surface area contributed by atoms with Crippen LogP contribution in [0.15, 0.2) is 39.0 Å². The molecule has 2 aromatic heterocycles. The van der Waals surface area contributed by atoms with E-state index in [0.29, 0.717) is 28.3 Å². The molecule has 2 atom stereocenters. The number of aryl methyl sites for hydroxylation is 1. The molecule has 1 fully saturated rings. The van der Waals surface area contributed by atoms with Gasteiger partial charge in [-0.25, -0.2) is 9.78 Å². The van der Waals surface area contributed by atoms with E-state index in [1.807, 2.05) is 0 Å². The highest BCUT2D eigenvalue weighted by Crippen LogP contribution is 2.43. The SMILES string of the molecule is Cc1sc(N)nc1/C(=N/O)C(=O)NC1C(=O)N2C(C(=O)O)=C(Sc3cccnc3CN)CCC12. The molecule has 7 N–H and O–H groups in total. The van der Waals surface area contributed by atoms with Crippen LogP contribution in [0.25, 0.3) is 0 Å². The molecule has 4 rings (SSSR count). The molecular formula is C20H21N7O5S2. The minimum absolute atomic E-state index is 0.117. The fraction of sp³-hybridized carbons (Fsp3) is 0.300. The van der Waals surface area contributed by atoms with Crippen LogP contribution in [0.4, 0.5) is 5.13 Å². The van der Waals surface area contributed by atoms with E-state index in [-0.39, 0.29) is 28.8 Å². The van der Waals surface area contributed by atoms with Crippen molar-refractivity contribution in [3.05, 3.63) is 45.2 Å². The molecule has 4 heterocycles. The number of hydrogen-bond acceptors (Lipinski definition) is 11. The predicted octanol–water partition coefficient (Wildman–Crippen LogP) is 0.644. The number of carboxylic acid groups (broad SMARTS) is 1. The van der Waals surface area contributed by atoms with E-state index in [4.69, 9.17) is 11.5 Å². The van der Waals surface area contributed by atoms with Gasteiger partial charge in [-0.3, -0.25) is 19.5 Å². The number of β-lactam (4-membered cyclic amide) rings is 1. The lowest BCUT2D eigenvalue weighted by molar-refractivity contribution is -0.155. The molecule has 0 bridgehead atoms. The maximum absolute atomic E-state index is 12.9. The van der Waals surface area contributed by atoms with Gasteiger partial charge in [-0.15, -0.1) is 11.3 Å². The summed E-state index contributed by atoms with van der Waals surface area (Å²) in [6, 6.07) is 2.02. The van der Waals surface area contributed by atoms with Gasteiger partial charge in [0, 0.05) is 27.4 Å². The topological polar surface area (TPSA) is 197 Å². The van der Waals surface area contributed by atoms with Crippen molar-refractivity contribution in [2.24, 2.45) is 10.9 Å². The highest BCUT2D eigenvalue weighted by atomic mass is 32.2. The van der Waals surface area contributed by atoms with Crippen LogP contribution in [-0.2, 0) is 20.9 Å². The Labute approximate surface area is 201 Å². The van der Waals surface area contributed by atoms with E-state index in [9.17, 15) is 24.7 Å². The van der Waals surface area contributed by atoms with Crippen molar-refractivity contribution < 1.29 is 24.7 Å². The molecule has 0 saturated carbocycles. The largest absolute Gasteiger partial charge is 0.477 e. The number of carboxylic acids is 1. The number of aliphatic carboxylic acids is 1. The smallest absolute Gasteiger partial charge is 0.353 e. The number of fused-ring (bicyclic) bond motifs is 1. The normalized spacial score (nSPS) is 20.1. The number of anilines is 1. The van der Waals surface area contributed by atoms with Gasteiger partial charge in [0.05, 0.1) is 11.7 Å². The van der Waals surface area contributed by atoms with Crippen molar-refractivity contribution in [2.75, 3.05) is 5.73 Å². The second kappa shape index (κ2) is 9.40. The Balaban J connectivity index is 1.55. The number of pyridine rings is 1. The number of hydrogen-bond donors (Lipinski definition) is 5. The van der Waals surface area contributed by atoms with Gasteiger partial charge < -0.3 is 27.1 Å². The molecule has 2 unspecified atom stereocenters. The quantitative estimate of drug-likeness (QED) is 0.155. The molecule has 0 spiro atoms. The minimum Gasteiger partial charge on any atom is -0.477 e. The zero-order valence-electron chi connectivity index (χ0n) is 17.9. The van der Waals surface area contributed by atoms with Gasteiger partial charge in [0.15, 0.2) is 10.8 Å². The zero-order chi connectivity index (χ0) is 24.6. The lowest BCUT2D eigenvalue weighted by atomic mass is 9.86. The molecule has 2 aliphatic heterocycles. The molecule has 34 heavy (non-hydrogen) atoms. The standard InChI is InChI=1S/C20H21N7O5S2/c1-8-13(25-20(22)33-8)15(26-32)17(28)24-14-10-4-5-12(16(19(30)31)27(10)18(14)29)34-11-3-2-6-23-9(11)7-21/h2-3,6,10,14,32H,4-5,7,21H2,1H3,(H2,22,25)(H,24,28)(H,30,31)/b26-15-. The first-order chi connectivity index (χ1) is 16.3.